The summed E-state index contributed by atoms with van der Waals surface area (Å²) in [6.45, 7) is 2.66. The second-order valence-corrected chi connectivity index (χ2v) is 4.62. The van der Waals surface area contributed by atoms with E-state index in [1.807, 2.05) is 31.5 Å². The molecule has 0 fully saturated rings. The van der Waals surface area contributed by atoms with E-state index >= 15 is 0 Å². The van der Waals surface area contributed by atoms with E-state index in [0.29, 0.717) is 0 Å². The molecule has 86 valence electrons. The molecule has 2 heterocycles. The number of thiazole rings is 1. The van der Waals surface area contributed by atoms with Crippen molar-refractivity contribution in [3.63, 3.8) is 0 Å². The van der Waals surface area contributed by atoms with Crippen LogP contribution in [0.3, 0.4) is 0 Å². The van der Waals surface area contributed by atoms with Gasteiger partial charge in [-0.05, 0) is 19.1 Å². The maximum atomic E-state index is 5.77. The third kappa shape index (κ3) is 2.43. The van der Waals surface area contributed by atoms with E-state index in [0.717, 1.165) is 23.1 Å². The van der Waals surface area contributed by atoms with Crippen molar-refractivity contribution in [1.82, 2.24) is 4.98 Å². The second kappa shape index (κ2) is 4.67. The number of hydrogen-bond donors (Lipinski definition) is 1. The lowest BCUT2D eigenvalue weighted by Crippen LogP contribution is -2.16. The number of rotatable bonds is 4. The van der Waals surface area contributed by atoms with Crippen LogP contribution in [0.15, 0.2) is 28.2 Å². The summed E-state index contributed by atoms with van der Waals surface area (Å²) >= 11 is 1.60. The largest absolute Gasteiger partial charge is 0.467 e. The summed E-state index contributed by atoms with van der Waals surface area (Å²) in [5.74, 6) is 0.931. The summed E-state index contributed by atoms with van der Waals surface area (Å²) in [7, 11) is 1.99. The zero-order chi connectivity index (χ0) is 11.5. The Hall–Kier alpha value is -1.33. The Balaban J connectivity index is 2.06. The first-order valence-corrected chi connectivity index (χ1v) is 5.99. The number of nitrogens with zero attached hydrogens (tertiary/aromatic N) is 2. The smallest absolute Gasteiger partial charge is 0.185 e. The molecule has 0 amide bonds. The SMILES string of the molecule is CC(N)c1csc(N(C)Cc2ccco2)n1. The van der Waals surface area contributed by atoms with Crippen LogP contribution in [0.2, 0.25) is 0 Å². The minimum atomic E-state index is -0.0120. The lowest BCUT2D eigenvalue weighted by Gasteiger charge is -2.13. The van der Waals surface area contributed by atoms with Crippen LogP contribution in [0.4, 0.5) is 5.13 Å². The third-order valence-electron chi connectivity index (χ3n) is 2.28. The lowest BCUT2D eigenvalue weighted by molar-refractivity contribution is 0.507. The van der Waals surface area contributed by atoms with E-state index in [9.17, 15) is 0 Å². The average molecular weight is 237 g/mol. The number of hydrogen-bond acceptors (Lipinski definition) is 5. The van der Waals surface area contributed by atoms with Gasteiger partial charge in [-0.1, -0.05) is 0 Å². The monoisotopic (exact) mass is 237 g/mol. The highest BCUT2D eigenvalue weighted by molar-refractivity contribution is 7.13. The molecule has 2 N–H and O–H groups in total. The predicted molar refractivity (Wildman–Crippen MR) is 65.5 cm³/mol. The summed E-state index contributed by atoms with van der Waals surface area (Å²) in [5.41, 5.74) is 6.71. The molecule has 2 aromatic heterocycles. The molecule has 0 aliphatic carbocycles. The molecule has 0 saturated carbocycles. The van der Waals surface area contributed by atoms with Gasteiger partial charge in [0.05, 0.1) is 18.5 Å². The Morgan fingerprint density at radius 3 is 3.00 bits per heavy atom. The summed E-state index contributed by atoms with van der Waals surface area (Å²) < 4.78 is 5.29. The molecule has 0 bridgehead atoms. The Labute approximate surface area is 98.7 Å². The quantitative estimate of drug-likeness (QED) is 0.887. The van der Waals surface area contributed by atoms with Gasteiger partial charge in [0.1, 0.15) is 5.76 Å². The van der Waals surface area contributed by atoms with E-state index in [1.54, 1.807) is 17.6 Å². The maximum absolute atomic E-state index is 5.77. The molecule has 0 aliphatic heterocycles. The normalized spacial score (nSPS) is 12.7. The Morgan fingerprint density at radius 1 is 1.62 bits per heavy atom. The first-order valence-electron chi connectivity index (χ1n) is 5.11. The zero-order valence-electron chi connectivity index (χ0n) is 9.38. The minimum Gasteiger partial charge on any atom is -0.467 e. The fourth-order valence-corrected chi connectivity index (χ4v) is 2.26. The molecule has 0 radical (unpaired) electrons. The van der Waals surface area contributed by atoms with Crippen molar-refractivity contribution in [1.29, 1.82) is 0 Å². The van der Waals surface area contributed by atoms with Gasteiger partial charge in [0.2, 0.25) is 0 Å². The molecule has 0 aromatic carbocycles. The van der Waals surface area contributed by atoms with Gasteiger partial charge in [0, 0.05) is 18.5 Å². The lowest BCUT2D eigenvalue weighted by atomic mass is 10.3. The van der Waals surface area contributed by atoms with Crippen LogP contribution < -0.4 is 10.6 Å². The fourth-order valence-electron chi connectivity index (χ4n) is 1.36. The first kappa shape index (κ1) is 11.2. The molecule has 16 heavy (non-hydrogen) atoms. The van der Waals surface area contributed by atoms with Gasteiger partial charge >= 0.3 is 0 Å². The van der Waals surface area contributed by atoms with Crippen LogP contribution in [0.5, 0.6) is 0 Å². The summed E-state index contributed by atoms with van der Waals surface area (Å²) in [5, 5.41) is 2.96. The van der Waals surface area contributed by atoms with E-state index < -0.39 is 0 Å². The fraction of sp³-hybridized carbons (Fsp3) is 0.364. The number of anilines is 1. The van der Waals surface area contributed by atoms with Crippen LogP contribution in [0.25, 0.3) is 0 Å². The molecule has 5 heteroatoms. The van der Waals surface area contributed by atoms with Gasteiger partial charge in [-0.25, -0.2) is 4.98 Å². The average Bonchev–Trinajstić information content (AvgIpc) is 2.86. The highest BCUT2D eigenvalue weighted by Gasteiger charge is 2.10. The highest BCUT2D eigenvalue weighted by atomic mass is 32.1. The minimum absolute atomic E-state index is 0.0120. The molecule has 0 aliphatic rings. The maximum Gasteiger partial charge on any atom is 0.185 e. The molecule has 0 spiro atoms. The Bertz CT molecular complexity index is 436. The Kier molecular flexibility index (Phi) is 3.26. The van der Waals surface area contributed by atoms with Gasteiger partial charge in [-0.2, -0.15) is 0 Å². The van der Waals surface area contributed by atoms with Crippen molar-refractivity contribution in [2.24, 2.45) is 5.73 Å². The van der Waals surface area contributed by atoms with E-state index in [4.69, 9.17) is 10.2 Å². The summed E-state index contributed by atoms with van der Waals surface area (Å²) in [6.07, 6.45) is 1.68. The second-order valence-electron chi connectivity index (χ2n) is 3.78. The predicted octanol–water partition coefficient (Wildman–Crippen LogP) is 2.39. The van der Waals surface area contributed by atoms with Crippen LogP contribution in [-0.2, 0) is 6.54 Å². The number of furan rings is 1. The molecule has 2 aromatic rings. The van der Waals surface area contributed by atoms with Crippen molar-refractivity contribution in [2.75, 3.05) is 11.9 Å². The van der Waals surface area contributed by atoms with Gasteiger partial charge in [0.25, 0.3) is 0 Å². The van der Waals surface area contributed by atoms with Crippen molar-refractivity contribution < 1.29 is 4.42 Å². The van der Waals surface area contributed by atoms with Crippen LogP contribution in [0.1, 0.15) is 24.4 Å². The molecule has 2 rings (SSSR count). The summed E-state index contributed by atoms with van der Waals surface area (Å²) in [6, 6.07) is 3.83. The molecule has 4 nitrogen and oxygen atoms in total. The first-order chi connectivity index (χ1) is 7.66. The van der Waals surface area contributed by atoms with Crippen molar-refractivity contribution in [3.05, 3.63) is 35.2 Å². The number of nitrogens with two attached hydrogens (primary N) is 1. The van der Waals surface area contributed by atoms with Crippen molar-refractivity contribution >= 4 is 16.5 Å². The van der Waals surface area contributed by atoms with Gasteiger partial charge in [0.15, 0.2) is 5.13 Å². The van der Waals surface area contributed by atoms with Gasteiger partial charge in [-0.3, -0.25) is 0 Å². The van der Waals surface area contributed by atoms with Crippen molar-refractivity contribution in [3.8, 4) is 0 Å². The third-order valence-corrected chi connectivity index (χ3v) is 3.25. The van der Waals surface area contributed by atoms with Gasteiger partial charge in [-0.15, -0.1) is 11.3 Å². The topological polar surface area (TPSA) is 55.3 Å². The van der Waals surface area contributed by atoms with Gasteiger partial charge < -0.3 is 15.1 Å². The number of aromatic nitrogens is 1. The molecule has 0 saturated heterocycles. The molecular formula is C11H15N3OS. The van der Waals surface area contributed by atoms with E-state index in [2.05, 4.69) is 9.88 Å². The Morgan fingerprint density at radius 2 is 2.44 bits per heavy atom. The highest BCUT2D eigenvalue weighted by Crippen LogP contribution is 2.23. The molecule has 1 unspecified atom stereocenters. The summed E-state index contributed by atoms with van der Waals surface area (Å²) in [4.78, 5) is 6.52. The molecule has 1 atom stereocenters. The van der Waals surface area contributed by atoms with Crippen molar-refractivity contribution in [2.45, 2.75) is 19.5 Å². The van der Waals surface area contributed by atoms with Crippen LogP contribution in [0, 0.1) is 0 Å². The van der Waals surface area contributed by atoms with Crippen LogP contribution >= 0.6 is 11.3 Å². The molecular weight excluding hydrogens is 222 g/mol. The van der Waals surface area contributed by atoms with Crippen LogP contribution in [-0.4, -0.2) is 12.0 Å². The van der Waals surface area contributed by atoms with E-state index in [1.165, 1.54) is 0 Å². The van der Waals surface area contributed by atoms with E-state index in [-0.39, 0.29) is 6.04 Å². The standard InChI is InChI=1S/C11H15N3OS/c1-8(12)10-7-16-11(13-10)14(2)6-9-4-3-5-15-9/h3-5,7-8H,6,12H2,1-2H3. The zero-order valence-corrected chi connectivity index (χ0v) is 10.2.